The molecule has 2 aliphatic rings. The molecule has 1 aliphatic heterocycles. The van der Waals surface area contributed by atoms with Crippen molar-refractivity contribution in [3.05, 3.63) is 46.8 Å². The number of nitrogens with zero attached hydrogens (tertiary/aromatic N) is 2. The number of aromatic nitrogens is 1. The highest BCUT2D eigenvalue weighted by Gasteiger charge is 2.20. The molecule has 0 radical (unpaired) electrons. The summed E-state index contributed by atoms with van der Waals surface area (Å²) in [5.74, 6) is 0.971. The van der Waals surface area contributed by atoms with E-state index < -0.39 is 0 Å². The highest BCUT2D eigenvalue weighted by molar-refractivity contribution is 5.95. The Morgan fingerprint density at radius 1 is 1.15 bits per heavy atom. The minimum Gasteiger partial charge on any atom is -0.454 e. The van der Waals surface area contributed by atoms with Crippen LogP contribution in [0.5, 0.6) is 11.5 Å². The molecule has 1 amide bonds. The molecule has 2 aromatic rings. The third-order valence-corrected chi connectivity index (χ3v) is 5.47. The molecular weight excluding hydrogens is 342 g/mol. The molecule has 6 nitrogen and oxygen atoms in total. The number of fused-ring (bicyclic) bond motifs is 1. The Hall–Kier alpha value is -2.76. The van der Waals surface area contributed by atoms with Gasteiger partial charge in [0.15, 0.2) is 11.5 Å². The Bertz CT molecular complexity index is 879. The van der Waals surface area contributed by atoms with E-state index in [2.05, 4.69) is 35.0 Å². The molecule has 4 rings (SSSR count). The number of amides is 1. The van der Waals surface area contributed by atoms with Crippen LogP contribution in [0.4, 0.5) is 0 Å². The van der Waals surface area contributed by atoms with Crippen molar-refractivity contribution in [2.75, 3.05) is 6.79 Å². The van der Waals surface area contributed by atoms with Crippen molar-refractivity contribution in [1.29, 1.82) is 0 Å². The molecule has 0 spiro atoms. The predicted octanol–water partition coefficient (Wildman–Crippen LogP) is 4.10. The van der Waals surface area contributed by atoms with Crippen molar-refractivity contribution in [2.24, 2.45) is 5.10 Å². The van der Waals surface area contributed by atoms with E-state index in [4.69, 9.17) is 9.47 Å². The van der Waals surface area contributed by atoms with E-state index in [0.717, 1.165) is 5.56 Å². The third-order valence-electron chi connectivity index (χ3n) is 5.47. The summed E-state index contributed by atoms with van der Waals surface area (Å²) in [7, 11) is 0. The van der Waals surface area contributed by atoms with Gasteiger partial charge in [-0.15, -0.1) is 0 Å². The smallest absolute Gasteiger partial charge is 0.271 e. The average molecular weight is 367 g/mol. The predicted molar refractivity (Wildman–Crippen MR) is 104 cm³/mol. The van der Waals surface area contributed by atoms with E-state index in [1.54, 1.807) is 24.4 Å². The molecule has 1 fully saturated rings. The molecule has 2 heterocycles. The molecule has 1 aliphatic carbocycles. The van der Waals surface area contributed by atoms with Crippen molar-refractivity contribution in [1.82, 2.24) is 9.99 Å². The SMILES string of the molecule is Cc1cc(/C=N\NC(=O)c2ccc3c(c2)OCO3)c(C)n1C1CCCCC1. The normalized spacial score (nSPS) is 16.8. The lowest BCUT2D eigenvalue weighted by atomic mass is 9.95. The summed E-state index contributed by atoms with van der Waals surface area (Å²) in [5, 5.41) is 4.16. The van der Waals surface area contributed by atoms with Gasteiger partial charge in [0.2, 0.25) is 6.79 Å². The van der Waals surface area contributed by atoms with Crippen molar-refractivity contribution in [3.63, 3.8) is 0 Å². The summed E-state index contributed by atoms with van der Waals surface area (Å²) in [4.78, 5) is 12.3. The number of hydrazone groups is 1. The first kappa shape index (κ1) is 17.6. The van der Waals surface area contributed by atoms with Gasteiger partial charge in [0, 0.05) is 28.6 Å². The van der Waals surface area contributed by atoms with Gasteiger partial charge in [-0.2, -0.15) is 5.10 Å². The minimum absolute atomic E-state index is 0.190. The fourth-order valence-electron chi connectivity index (χ4n) is 4.10. The Balaban J connectivity index is 1.44. The topological polar surface area (TPSA) is 64.8 Å². The lowest BCUT2D eigenvalue weighted by Gasteiger charge is -2.26. The largest absolute Gasteiger partial charge is 0.454 e. The second-order valence-corrected chi connectivity index (χ2v) is 7.26. The van der Waals surface area contributed by atoms with Crippen molar-refractivity contribution < 1.29 is 14.3 Å². The van der Waals surface area contributed by atoms with E-state index in [0.29, 0.717) is 23.1 Å². The van der Waals surface area contributed by atoms with Crippen LogP contribution < -0.4 is 14.9 Å². The van der Waals surface area contributed by atoms with Crippen molar-refractivity contribution in [2.45, 2.75) is 52.0 Å². The molecule has 0 unspecified atom stereocenters. The van der Waals surface area contributed by atoms with Gasteiger partial charge in [-0.1, -0.05) is 19.3 Å². The van der Waals surface area contributed by atoms with Crippen LogP contribution in [0.3, 0.4) is 0 Å². The van der Waals surface area contributed by atoms with Crippen LogP contribution in [0.15, 0.2) is 29.4 Å². The van der Waals surface area contributed by atoms with E-state index in [-0.39, 0.29) is 12.7 Å². The highest BCUT2D eigenvalue weighted by atomic mass is 16.7. The van der Waals surface area contributed by atoms with E-state index in [9.17, 15) is 4.79 Å². The molecule has 1 N–H and O–H groups in total. The summed E-state index contributed by atoms with van der Waals surface area (Å²) in [6.45, 7) is 4.46. The van der Waals surface area contributed by atoms with Gasteiger partial charge in [-0.3, -0.25) is 4.79 Å². The number of aryl methyl sites for hydroxylation is 1. The van der Waals surface area contributed by atoms with Crippen LogP contribution in [-0.4, -0.2) is 23.5 Å². The fourth-order valence-corrected chi connectivity index (χ4v) is 4.10. The van der Waals surface area contributed by atoms with Crippen LogP contribution >= 0.6 is 0 Å². The zero-order chi connectivity index (χ0) is 18.8. The summed E-state index contributed by atoms with van der Waals surface area (Å²) >= 11 is 0. The fraction of sp³-hybridized carbons (Fsp3) is 0.429. The number of benzene rings is 1. The van der Waals surface area contributed by atoms with E-state index in [1.807, 2.05) is 0 Å². The number of nitrogens with one attached hydrogen (secondary N) is 1. The number of hydrogen-bond acceptors (Lipinski definition) is 4. The molecule has 0 bridgehead atoms. The summed E-state index contributed by atoms with van der Waals surface area (Å²) in [5.41, 5.74) is 6.60. The zero-order valence-corrected chi connectivity index (χ0v) is 15.8. The lowest BCUT2D eigenvalue weighted by Crippen LogP contribution is -2.17. The Kier molecular flexibility index (Phi) is 4.88. The maximum atomic E-state index is 12.3. The molecule has 1 aromatic carbocycles. The summed E-state index contributed by atoms with van der Waals surface area (Å²) in [6.07, 6.45) is 8.16. The first-order chi connectivity index (χ1) is 13.1. The second kappa shape index (κ2) is 7.47. The first-order valence-electron chi connectivity index (χ1n) is 9.55. The molecular formula is C21H25N3O3. The maximum Gasteiger partial charge on any atom is 0.271 e. The van der Waals surface area contributed by atoms with E-state index >= 15 is 0 Å². The minimum atomic E-state index is -0.273. The zero-order valence-electron chi connectivity index (χ0n) is 15.8. The number of carbonyl (C=O) groups is 1. The number of hydrogen-bond donors (Lipinski definition) is 1. The molecule has 142 valence electrons. The lowest BCUT2D eigenvalue weighted by molar-refractivity contribution is 0.0954. The molecule has 0 atom stereocenters. The molecule has 1 aromatic heterocycles. The number of rotatable bonds is 4. The Morgan fingerprint density at radius 3 is 2.74 bits per heavy atom. The van der Waals surface area contributed by atoms with Gasteiger partial charge < -0.3 is 14.0 Å². The average Bonchev–Trinajstić information content (AvgIpc) is 3.26. The van der Waals surface area contributed by atoms with E-state index in [1.165, 1.54) is 43.5 Å². The monoisotopic (exact) mass is 367 g/mol. The molecule has 27 heavy (non-hydrogen) atoms. The summed E-state index contributed by atoms with van der Waals surface area (Å²) < 4.78 is 13.0. The summed E-state index contributed by atoms with van der Waals surface area (Å²) in [6, 6.07) is 7.83. The quantitative estimate of drug-likeness (QED) is 0.653. The highest BCUT2D eigenvalue weighted by Crippen LogP contribution is 2.33. The van der Waals surface area contributed by atoms with Crippen LogP contribution in [-0.2, 0) is 0 Å². The third kappa shape index (κ3) is 3.56. The van der Waals surface area contributed by atoms with Gasteiger partial charge >= 0.3 is 0 Å². The standard InChI is InChI=1S/C21H25N3O3/c1-14-10-17(15(2)24(14)18-6-4-3-5-7-18)12-22-23-21(25)16-8-9-19-20(11-16)27-13-26-19/h8-12,18H,3-7,13H2,1-2H3,(H,23,25)/b22-12-. The molecule has 0 saturated heterocycles. The first-order valence-corrected chi connectivity index (χ1v) is 9.55. The van der Waals surface area contributed by atoms with Gasteiger partial charge in [-0.05, 0) is 51.0 Å². The van der Waals surface area contributed by atoms with Crippen LogP contribution in [0.2, 0.25) is 0 Å². The van der Waals surface area contributed by atoms with Gasteiger partial charge in [0.25, 0.3) is 5.91 Å². The van der Waals surface area contributed by atoms with Crippen LogP contribution in [0, 0.1) is 13.8 Å². The van der Waals surface area contributed by atoms with Crippen LogP contribution in [0.25, 0.3) is 0 Å². The van der Waals surface area contributed by atoms with Crippen molar-refractivity contribution in [3.8, 4) is 11.5 Å². The van der Waals surface area contributed by atoms with Gasteiger partial charge in [-0.25, -0.2) is 5.43 Å². The Labute approximate surface area is 159 Å². The van der Waals surface area contributed by atoms with Gasteiger partial charge in [0.05, 0.1) is 6.21 Å². The molecule has 1 saturated carbocycles. The second-order valence-electron chi connectivity index (χ2n) is 7.26. The van der Waals surface area contributed by atoms with Crippen molar-refractivity contribution >= 4 is 12.1 Å². The van der Waals surface area contributed by atoms with Crippen LogP contribution in [0.1, 0.15) is 65.5 Å². The maximum absolute atomic E-state index is 12.3. The molecule has 6 heteroatoms. The van der Waals surface area contributed by atoms with Gasteiger partial charge in [0.1, 0.15) is 0 Å². The number of ether oxygens (including phenoxy) is 2. The Morgan fingerprint density at radius 2 is 1.93 bits per heavy atom. The number of carbonyl (C=O) groups excluding carboxylic acids is 1.